The van der Waals surface area contributed by atoms with Gasteiger partial charge in [0.05, 0.1) is 16.5 Å². The average molecular weight is 382 g/mol. The Hall–Kier alpha value is -2.28. The van der Waals surface area contributed by atoms with E-state index < -0.39 is 17.4 Å². The molecule has 7 nitrogen and oxygen atoms in total. The predicted molar refractivity (Wildman–Crippen MR) is 99.6 cm³/mol. The van der Waals surface area contributed by atoms with E-state index in [0.717, 1.165) is 0 Å². The van der Waals surface area contributed by atoms with E-state index >= 15 is 0 Å². The molecule has 0 spiro atoms. The van der Waals surface area contributed by atoms with Crippen LogP contribution in [0, 0.1) is 5.92 Å². The molecule has 1 aromatic rings. The summed E-state index contributed by atoms with van der Waals surface area (Å²) in [6, 6.07) is 4.27. The van der Waals surface area contributed by atoms with E-state index in [1.54, 1.807) is 12.1 Å². The van der Waals surface area contributed by atoms with Crippen LogP contribution in [0.15, 0.2) is 18.2 Å². The number of carboxylic acids is 1. The van der Waals surface area contributed by atoms with Gasteiger partial charge in [0.2, 0.25) is 0 Å². The molecule has 0 radical (unpaired) electrons. The number of amides is 3. The van der Waals surface area contributed by atoms with Gasteiger partial charge in [-0.3, -0.25) is 9.59 Å². The Balaban J connectivity index is 2.14. The third-order valence-corrected chi connectivity index (χ3v) is 4.33. The molecule has 142 valence electrons. The van der Waals surface area contributed by atoms with Gasteiger partial charge in [-0.25, -0.2) is 4.79 Å². The number of hydrogen-bond donors (Lipinski definition) is 3. The van der Waals surface area contributed by atoms with Crippen LogP contribution in [-0.2, 0) is 4.79 Å². The van der Waals surface area contributed by atoms with Gasteiger partial charge in [0.15, 0.2) is 0 Å². The number of hydrogen-bond acceptors (Lipinski definition) is 3. The monoisotopic (exact) mass is 381 g/mol. The largest absolute Gasteiger partial charge is 0.481 e. The van der Waals surface area contributed by atoms with Crippen LogP contribution >= 0.6 is 11.6 Å². The number of urea groups is 1. The predicted octanol–water partition coefficient (Wildman–Crippen LogP) is 3.20. The van der Waals surface area contributed by atoms with Gasteiger partial charge >= 0.3 is 12.0 Å². The summed E-state index contributed by atoms with van der Waals surface area (Å²) in [5.74, 6) is -1.80. The van der Waals surface area contributed by atoms with Gasteiger partial charge in [-0.05, 0) is 51.8 Å². The zero-order chi connectivity index (χ0) is 19.5. The van der Waals surface area contributed by atoms with Crippen molar-refractivity contribution in [2.75, 3.05) is 18.4 Å². The topological polar surface area (TPSA) is 98.7 Å². The van der Waals surface area contributed by atoms with Gasteiger partial charge in [0.1, 0.15) is 0 Å². The highest BCUT2D eigenvalue weighted by Crippen LogP contribution is 2.25. The van der Waals surface area contributed by atoms with E-state index in [-0.39, 0.29) is 29.1 Å². The zero-order valence-corrected chi connectivity index (χ0v) is 15.9. The number of rotatable bonds is 3. The second-order valence-corrected chi connectivity index (χ2v) is 7.86. The van der Waals surface area contributed by atoms with E-state index in [4.69, 9.17) is 11.6 Å². The quantitative estimate of drug-likeness (QED) is 0.748. The van der Waals surface area contributed by atoms with E-state index in [1.165, 1.54) is 11.0 Å². The van der Waals surface area contributed by atoms with Crippen LogP contribution in [0.3, 0.4) is 0 Å². The summed E-state index contributed by atoms with van der Waals surface area (Å²) in [6.07, 6.45) is 1.19. The SMILES string of the molecule is CC(C)(C)NC(=O)Nc1ccc(Cl)c(C(=O)N2CCCC(C(=O)O)C2)c1. The first kappa shape index (κ1) is 20.0. The molecule has 1 aliphatic heterocycles. The molecule has 8 heteroatoms. The molecule has 1 fully saturated rings. The maximum atomic E-state index is 12.8. The lowest BCUT2D eigenvalue weighted by molar-refractivity contribution is -0.143. The third-order valence-electron chi connectivity index (χ3n) is 4.00. The number of nitrogens with one attached hydrogen (secondary N) is 2. The summed E-state index contributed by atoms with van der Waals surface area (Å²) in [4.78, 5) is 37.5. The molecule has 1 aliphatic rings. The molecule has 2 rings (SSSR count). The van der Waals surface area contributed by atoms with Crippen molar-refractivity contribution < 1.29 is 19.5 Å². The minimum atomic E-state index is -0.900. The van der Waals surface area contributed by atoms with Crippen molar-refractivity contribution in [2.45, 2.75) is 39.2 Å². The highest BCUT2D eigenvalue weighted by atomic mass is 35.5. The Kier molecular flexibility index (Phi) is 6.13. The summed E-state index contributed by atoms with van der Waals surface area (Å²) in [5.41, 5.74) is 0.284. The van der Waals surface area contributed by atoms with Crippen molar-refractivity contribution in [1.82, 2.24) is 10.2 Å². The summed E-state index contributed by atoms with van der Waals surface area (Å²) in [5, 5.41) is 14.9. The van der Waals surface area contributed by atoms with Gasteiger partial charge in [-0.15, -0.1) is 0 Å². The molecule has 1 aromatic carbocycles. The minimum absolute atomic E-state index is 0.159. The molecule has 1 saturated heterocycles. The van der Waals surface area contributed by atoms with E-state index in [0.29, 0.717) is 25.1 Å². The Morgan fingerprint density at radius 3 is 2.58 bits per heavy atom. The molecule has 0 saturated carbocycles. The highest BCUT2D eigenvalue weighted by Gasteiger charge is 2.29. The molecule has 0 bridgehead atoms. The van der Waals surface area contributed by atoms with Crippen LogP contribution < -0.4 is 10.6 Å². The fourth-order valence-electron chi connectivity index (χ4n) is 2.80. The van der Waals surface area contributed by atoms with Crippen LogP contribution in [0.2, 0.25) is 5.02 Å². The molecule has 3 N–H and O–H groups in total. The number of carboxylic acid groups (broad SMARTS) is 1. The molecular formula is C18H24ClN3O4. The van der Waals surface area contributed by atoms with Gasteiger partial charge in [-0.2, -0.15) is 0 Å². The summed E-state index contributed by atoms with van der Waals surface area (Å²) >= 11 is 6.16. The lowest BCUT2D eigenvalue weighted by Gasteiger charge is -2.31. The van der Waals surface area contributed by atoms with Gasteiger partial charge in [-0.1, -0.05) is 11.6 Å². The van der Waals surface area contributed by atoms with Crippen molar-refractivity contribution in [3.05, 3.63) is 28.8 Å². The van der Waals surface area contributed by atoms with Crippen LogP contribution in [-0.4, -0.2) is 46.5 Å². The van der Waals surface area contributed by atoms with Crippen molar-refractivity contribution >= 4 is 35.2 Å². The molecule has 1 unspecified atom stereocenters. The van der Waals surface area contributed by atoms with Crippen molar-refractivity contribution in [1.29, 1.82) is 0 Å². The highest BCUT2D eigenvalue weighted by molar-refractivity contribution is 6.34. The Morgan fingerprint density at radius 1 is 1.27 bits per heavy atom. The van der Waals surface area contributed by atoms with Gasteiger partial charge < -0.3 is 20.6 Å². The molecule has 1 atom stereocenters. The number of nitrogens with zero attached hydrogens (tertiary/aromatic N) is 1. The average Bonchev–Trinajstić information content (AvgIpc) is 2.54. The number of likely N-dealkylation sites (tertiary alicyclic amines) is 1. The van der Waals surface area contributed by atoms with Crippen LogP contribution in [0.4, 0.5) is 10.5 Å². The number of anilines is 1. The summed E-state index contributed by atoms with van der Waals surface area (Å²) in [7, 11) is 0. The van der Waals surface area contributed by atoms with E-state index in [9.17, 15) is 19.5 Å². The van der Waals surface area contributed by atoms with Crippen LogP contribution in [0.25, 0.3) is 0 Å². The van der Waals surface area contributed by atoms with E-state index in [2.05, 4.69) is 10.6 Å². The Bertz CT molecular complexity index is 715. The molecule has 1 heterocycles. The Morgan fingerprint density at radius 2 is 1.96 bits per heavy atom. The normalized spacial score (nSPS) is 17.5. The summed E-state index contributed by atoms with van der Waals surface area (Å²) in [6.45, 7) is 6.23. The molecular weight excluding hydrogens is 358 g/mol. The maximum Gasteiger partial charge on any atom is 0.319 e. The fourth-order valence-corrected chi connectivity index (χ4v) is 3.00. The number of halogens is 1. The standard InChI is InChI=1S/C18H24ClN3O4/c1-18(2,3)21-17(26)20-12-6-7-14(19)13(9-12)15(23)22-8-4-5-11(10-22)16(24)25/h6-7,9,11H,4-5,8,10H2,1-3H3,(H,24,25)(H2,20,21,26). The lowest BCUT2D eigenvalue weighted by atomic mass is 9.97. The third kappa shape index (κ3) is 5.36. The minimum Gasteiger partial charge on any atom is -0.481 e. The number of benzene rings is 1. The smallest absolute Gasteiger partial charge is 0.319 e. The first-order valence-electron chi connectivity index (χ1n) is 8.47. The lowest BCUT2D eigenvalue weighted by Crippen LogP contribution is -2.43. The second kappa shape index (κ2) is 7.95. The number of piperidine rings is 1. The maximum absolute atomic E-state index is 12.8. The van der Waals surface area contributed by atoms with Crippen LogP contribution in [0.1, 0.15) is 44.0 Å². The number of carbonyl (C=O) groups excluding carboxylic acids is 2. The number of aliphatic carboxylic acids is 1. The van der Waals surface area contributed by atoms with Crippen molar-refractivity contribution in [3.63, 3.8) is 0 Å². The molecule has 0 aliphatic carbocycles. The number of carbonyl (C=O) groups is 3. The second-order valence-electron chi connectivity index (χ2n) is 7.45. The summed E-state index contributed by atoms with van der Waals surface area (Å²) < 4.78 is 0. The van der Waals surface area contributed by atoms with E-state index in [1.807, 2.05) is 20.8 Å². The van der Waals surface area contributed by atoms with Gasteiger partial charge in [0.25, 0.3) is 5.91 Å². The Labute approximate surface area is 157 Å². The fraction of sp³-hybridized carbons (Fsp3) is 0.500. The van der Waals surface area contributed by atoms with Crippen molar-refractivity contribution in [3.8, 4) is 0 Å². The first-order valence-corrected chi connectivity index (χ1v) is 8.85. The molecule has 3 amide bonds. The first-order chi connectivity index (χ1) is 12.1. The van der Waals surface area contributed by atoms with Crippen molar-refractivity contribution in [2.24, 2.45) is 5.92 Å². The molecule has 0 aromatic heterocycles. The van der Waals surface area contributed by atoms with Crippen LogP contribution in [0.5, 0.6) is 0 Å². The van der Waals surface area contributed by atoms with Gasteiger partial charge in [0, 0.05) is 24.3 Å². The zero-order valence-electron chi connectivity index (χ0n) is 15.1. The molecule has 26 heavy (non-hydrogen) atoms.